The summed E-state index contributed by atoms with van der Waals surface area (Å²) in [6.45, 7) is 1.55. The summed E-state index contributed by atoms with van der Waals surface area (Å²) in [5, 5.41) is 3.12. The minimum Gasteiger partial charge on any atom is -0.322 e. The lowest BCUT2D eigenvalue weighted by Crippen LogP contribution is -2.14. The number of aromatic nitrogens is 2. The van der Waals surface area contributed by atoms with Crippen molar-refractivity contribution in [3.63, 3.8) is 0 Å². The van der Waals surface area contributed by atoms with E-state index in [0.717, 1.165) is 12.3 Å². The van der Waals surface area contributed by atoms with Crippen molar-refractivity contribution < 1.29 is 13.6 Å². The monoisotopic (exact) mass is 359 g/mol. The molecule has 0 spiro atoms. The molecule has 0 aliphatic carbocycles. The molecule has 2 heterocycles. The van der Waals surface area contributed by atoms with Gasteiger partial charge in [0.05, 0.1) is 28.2 Å². The van der Waals surface area contributed by atoms with Crippen molar-refractivity contribution in [1.29, 1.82) is 0 Å². The largest absolute Gasteiger partial charge is 0.322 e. The lowest BCUT2D eigenvalue weighted by molar-refractivity contribution is 0.102. The van der Waals surface area contributed by atoms with Crippen LogP contribution < -0.4 is 5.32 Å². The van der Waals surface area contributed by atoms with Crippen molar-refractivity contribution in [2.24, 2.45) is 0 Å². The summed E-state index contributed by atoms with van der Waals surface area (Å²) in [7, 11) is 0. The van der Waals surface area contributed by atoms with E-state index in [1.54, 1.807) is 25.1 Å². The van der Waals surface area contributed by atoms with Gasteiger partial charge in [-0.25, -0.2) is 9.37 Å². The third-order valence-corrected chi connectivity index (χ3v) is 3.85. The second-order valence-electron chi connectivity index (χ2n) is 5.28. The highest BCUT2D eigenvalue weighted by molar-refractivity contribution is 6.33. The number of carbonyl (C=O) groups excluding carboxylic acids is 1. The van der Waals surface area contributed by atoms with Crippen molar-refractivity contribution in [2.75, 3.05) is 5.32 Å². The number of carbonyl (C=O) groups is 1. The molecule has 7 heteroatoms. The minimum atomic E-state index is -0.648. The van der Waals surface area contributed by atoms with Crippen LogP contribution in [0.5, 0.6) is 0 Å². The third kappa shape index (κ3) is 3.80. The number of amides is 1. The second kappa shape index (κ2) is 6.94. The van der Waals surface area contributed by atoms with Crippen LogP contribution in [0.15, 0.2) is 48.7 Å². The summed E-state index contributed by atoms with van der Waals surface area (Å²) in [6, 6.07) is 10.1. The van der Waals surface area contributed by atoms with Gasteiger partial charge in [-0.05, 0) is 49.4 Å². The molecule has 2 aromatic heterocycles. The Morgan fingerprint density at radius 3 is 2.60 bits per heavy atom. The van der Waals surface area contributed by atoms with E-state index in [-0.39, 0.29) is 11.3 Å². The van der Waals surface area contributed by atoms with Crippen molar-refractivity contribution >= 4 is 23.2 Å². The average Bonchev–Trinajstić information content (AvgIpc) is 2.57. The number of hydrogen-bond donors (Lipinski definition) is 1. The Morgan fingerprint density at radius 2 is 1.92 bits per heavy atom. The third-order valence-electron chi connectivity index (χ3n) is 3.52. The van der Waals surface area contributed by atoms with Crippen LogP contribution >= 0.6 is 11.6 Å². The summed E-state index contributed by atoms with van der Waals surface area (Å²) in [5.74, 6) is -1.53. The molecule has 3 rings (SSSR count). The van der Waals surface area contributed by atoms with Gasteiger partial charge in [0.15, 0.2) is 0 Å². The molecule has 3 aromatic rings. The van der Waals surface area contributed by atoms with E-state index < -0.39 is 17.7 Å². The van der Waals surface area contributed by atoms with E-state index in [4.69, 9.17) is 11.6 Å². The van der Waals surface area contributed by atoms with Gasteiger partial charge in [0.2, 0.25) is 5.95 Å². The second-order valence-corrected chi connectivity index (χ2v) is 5.68. The number of nitrogens with one attached hydrogen (secondary N) is 1. The standard InChI is InChI=1S/C18H12ClF2N3O/c1-10-13(4-7-17(21)23-10)18(25)24-12-3-5-15(19)14(8-12)16-6-2-11(20)9-22-16/h2-9H,1H3,(H,24,25). The van der Waals surface area contributed by atoms with E-state index in [1.165, 1.54) is 18.2 Å². The van der Waals surface area contributed by atoms with Crippen LogP contribution in [0.3, 0.4) is 0 Å². The van der Waals surface area contributed by atoms with Gasteiger partial charge in [-0.2, -0.15) is 4.39 Å². The SMILES string of the molecule is Cc1nc(F)ccc1C(=O)Nc1ccc(Cl)c(-c2ccc(F)cn2)c1. The van der Waals surface area contributed by atoms with E-state index in [9.17, 15) is 13.6 Å². The number of anilines is 1. The smallest absolute Gasteiger partial charge is 0.257 e. The molecule has 1 aromatic carbocycles. The summed E-state index contributed by atoms with van der Waals surface area (Å²) < 4.78 is 26.1. The topological polar surface area (TPSA) is 54.9 Å². The molecule has 0 fully saturated rings. The van der Waals surface area contributed by atoms with Crippen LogP contribution in [0, 0.1) is 18.7 Å². The Kier molecular flexibility index (Phi) is 4.72. The maximum absolute atomic E-state index is 13.1. The predicted molar refractivity (Wildman–Crippen MR) is 91.5 cm³/mol. The maximum atomic E-state index is 13.1. The van der Waals surface area contributed by atoms with Gasteiger partial charge < -0.3 is 5.32 Å². The van der Waals surface area contributed by atoms with Gasteiger partial charge in [0.25, 0.3) is 5.91 Å². The lowest BCUT2D eigenvalue weighted by atomic mass is 10.1. The van der Waals surface area contributed by atoms with Gasteiger partial charge in [-0.3, -0.25) is 9.78 Å². The number of aryl methyl sites for hydroxylation is 1. The number of hydrogen-bond acceptors (Lipinski definition) is 3. The van der Waals surface area contributed by atoms with Crippen molar-refractivity contribution in [3.05, 3.63) is 76.7 Å². The first-order valence-electron chi connectivity index (χ1n) is 7.30. The highest BCUT2D eigenvalue weighted by Gasteiger charge is 2.13. The molecule has 0 saturated carbocycles. The summed E-state index contributed by atoms with van der Waals surface area (Å²) in [6.07, 6.45) is 1.09. The first kappa shape index (κ1) is 17.0. The summed E-state index contributed by atoms with van der Waals surface area (Å²) >= 11 is 6.17. The molecule has 0 aliphatic rings. The Balaban J connectivity index is 1.89. The number of halogens is 3. The van der Waals surface area contributed by atoms with Crippen LogP contribution in [0.25, 0.3) is 11.3 Å². The van der Waals surface area contributed by atoms with Crippen LogP contribution in [-0.2, 0) is 0 Å². The minimum absolute atomic E-state index is 0.262. The lowest BCUT2D eigenvalue weighted by Gasteiger charge is -2.10. The molecule has 0 radical (unpaired) electrons. The van der Waals surface area contributed by atoms with E-state index in [1.807, 2.05) is 0 Å². The van der Waals surface area contributed by atoms with Gasteiger partial charge >= 0.3 is 0 Å². The first-order chi connectivity index (χ1) is 11.9. The zero-order valence-corrected chi connectivity index (χ0v) is 13.8. The molecule has 0 aliphatic heterocycles. The molecule has 1 N–H and O–H groups in total. The zero-order valence-electron chi connectivity index (χ0n) is 13.1. The Labute approximate surface area is 147 Å². The van der Waals surface area contributed by atoms with Gasteiger partial charge in [0, 0.05) is 11.3 Å². The van der Waals surface area contributed by atoms with Crippen molar-refractivity contribution in [3.8, 4) is 11.3 Å². The quantitative estimate of drug-likeness (QED) is 0.693. The van der Waals surface area contributed by atoms with E-state index >= 15 is 0 Å². The van der Waals surface area contributed by atoms with Crippen LogP contribution in [0.4, 0.5) is 14.5 Å². The fraction of sp³-hybridized carbons (Fsp3) is 0.0556. The molecule has 25 heavy (non-hydrogen) atoms. The molecular weight excluding hydrogens is 348 g/mol. The molecule has 4 nitrogen and oxygen atoms in total. The van der Waals surface area contributed by atoms with Gasteiger partial charge in [-0.1, -0.05) is 11.6 Å². The molecule has 0 bridgehead atoms. The Morgan fingerprint density at radius 1 is 1.12 bits per heavy atom. The average molecular weight is 360 g/mol. The fourth-order valence-corrected chi connectivity index (χ4v) is 2.52. The normalized spacial score (nSPS) is 10.6. The first-order valence-corrected chi connectivity index (χ1v) is 7.68. The van der Waals surface area contributed by atoms with Crippen LogP contribution in [0.1, 0.15) is 16.1 Å². The van der Waals surface area contributed by atoms with Gasteiger partial charge in [0.1, 0.15) is 5.82 Å². The highest BCUT2D eigenvalue weighted by Crippen LogP contribution is 2.29. The molecule has 1 amide bonds. The number of benzene rings is 1. The molecular formula is C18H12ClF2N3O. The molecule has 0 unspecified atom stereocenters. The Hall–Kier alpha value is -2.86. The molecule has 126 valence electrons. The van der Waals surface area contributed by atoms with Crippen molar-refractivity contribution in [1.82, 2.24) is 9.97 Å². The van der Waals surface area contributed by atoms with Crippen LogP contribution in [-0.4, -0.2) is 15.9 Å². The highest BCUT2D eigenvalue weighted by atomic mass is 35.5. The molecule has 0 atom stereocenters. The fourth-order valence-electron chi connectivity index (χ4n) is 2.30. The van der Waals surface area contributed by atoms with Crippen LogP contribution in [0.2, 0.25) is 5.02 Å². The van der Waals surface area contributed by atoms with E-state index in [0.29, 0.717) is 22.0 Å². The maximum Gasteiger partial charge on any atom is 0.257 e. The number of pyridine rings is 2. The van der Waals surface area contributed by atoms with E-state index in [2.05, 4.69) is 15.3 Å². The van der Waals surface area contributed by atoms with Crippen molar-refractivity contribution in [2.45, 2.75) is 6.92 Å². The predicted octanol–water partition coefficient (Wildman–Crippen LogP) is 4.64. The van der Waals surface area contributed by atoms with Gasteiger partial charge in [-0.15, -0.1) is 0 Å². The number of rotatable bonds is 3. The molecule has 0 saturated heterocycles. The summed E-state index contributed by atoms with van der Waals surface area (Å²) in [5.41, 5.74) is 2.04. The number of nitrogens with zero attached hydrogens (tertiary/aromatic N) is 2. The zero-order chi connectivity index (χ0) is 18.0. The summed E-state index contributed by atoms with van der Waals surface area (Å²) in [4.78, 5) is 20.0. The Bertz CT molecular complexity index is 946.